The van der Waals surface area contributed by atoms with E-state index in [1.807, 2.05) is 25.1 Å². The van der Waals surface area contributed by atoms with E-state index < -0.39 is 5.82 Å². The van der Waals surface area contributed by atoms with Gasteiger partial charge in [-0.15, -0.1) is 0 Å². The highest BCUT2D eigenvalue weighted by atomic mass is 35.5. The van der Waals surface area contributed by atoms with Crippen LogP contribution in [0, 0.1) is 5.82 Å². The summed E-state index contributed by atoms with van der Waals surface area (Å²) >= 11 is 12.6. The van der Waals surface area contributed by atoms with E-state index in [1.165, 1.54) is 11.6 Å². The molecule has 0 aliphatic rings. The summed E-state index contributed by atoms with van der Waals surface area (Å²) in [5.41, 5.74) is 2.40. The van der Waals surface area contributed by atoms with E-state index in [9.17, 15) is 4.39 Å². The molecule has 4 nitrogen and oxygen atoms in total. The second-order valence-corrected chi connectivity index (χ2v) is 7.90. The van der Waals surface area contributed by atoms with Gasteiger partial charge in [0.25, 0.3) is 0 Å². The van der Waals surface area contributed by atoms with Crippen molar-refractivity contribution in [3.63, 3.8) is 0 Å². The third kappa shape index (κ3) is 6.52. The van der Waals surface area contributed by atoms with Crippen molar-refractivity contribution in [2.45, 2.75) is 26.5 Å². The minimum absolute atomic E-state index is 0.0264. The van der Waals surface area contributed by atoms with Gasteiger partial charge in [0, 0.05) is 23.2 Å². The summed E-state index contributed by atoms with van der Waals surface area (Å²) in [4.78, 5) is 0. The highest BCUT2D eigenvalue weighted by Crippen LogP contribution is 2.35. The van der Waals surface area contributed by atoms with Crippen molar-refractivity contribution in [2.24, 2.45) is 0 Å². The Morgan fingerprint density at radius 3 is 2.38 bits per heavy atom. The summed E-state index contributed by atoms with van der Waals surface area (Å²) in [7, 11) is 1.65. The van der Waals surface area contributed by atoms with E-state index in [-0.39, 0.29) is 12.2 Å². The van der Waals surface area contributed by atoms with Gasteiger partial charge in [0.15, 0.2) is 11.5 Å². The lowest BCUT2D eigenvalue weighted by Crippen LogP contribution is -2.17. The minimum atomic E-state index is -0.417. The van der Waals surface area contributed by atoms with Crippen LogP contribution in [0.4, 0.5) is 4.39 Å². The molecule has 0 radical (unpaired) electrons. The van der Waals surface area contributed by atoms with Gasteiger partial charge >= 0.3 is 0 Å². The lowest BCUT2D eigenvalue weighted by Gasteiger charge is -2.16. The van der Waals surface area contributed by atoms with Crippen molar-refractivity contribution in [3.05, 3.63) is 87.2 Å². The van der Waals surface area contributed by atoms with Crippen molar-refractivity contribution >= 4 is 23.2 Å². The van der Waals surface area contributed by atoms with Crippen LogP contribution in [-0.2, 0) is 19.6 Å². The molecule has 1 N–H and O–H groups in total. The number of rotatable bonds is 11. The minimum Gasteiger partial charge on any atom is -0.497 e. The zero-order valence-corrected chi connectivity index (χ0v) is 19.6. The Hall–Kier alpha value is -2.47. The van der Waals surface area contributed by atoms with Crippen LogP contribution >= 0.6 is 23.2 Å². The van der Waals surface area contributed by atoms with Crippen LogP contribution in [0.5, 0.6) is 17.2 Å². The third-order valence-corrected chi connectivity index (χ3v) is 5.62. The van der Waals surface area contributed by atoms with E-state index in [0.29, 0.717) is 34.7 Å². The lowest BCUT2D eigenvalue weighted by molar-refractivity contribution is 0.265. The molecule has 7 heteroatoms. The molecule has 0 heterocycles. The molecule has 0 fully saturated rings. The van der Waals surface area contributed by atoms with Crippen molar-refractivity contribution in [3.8, 4) is 17.2 Å². The first-order valence-corrected chi connectivity index (χ1v) is 11.1. The molecule has 0 amide bonds. The maximum absolute atomic E-state index is 14.0. The van der Waals surface area contributed by atoms with Crippen LogP contribution in [0.1, 0.15) is 23.6 Å². The molecule has 0 spiro atoms. The van der Waals surface area contributed by atoms with Gasteiger partial charge in [-0.2, -0.15) is 0 Å². The van der Waals surface area contributed by atoms with Crippen molar-refractivity contribution in [1.82, 2.24) is 5.32 Å². The van der Waals surface area contributed by atoms with Gasteiger partial charge in [-0.3, -0.25) is 0 Å². The van der Waals surface area contributed by atoms with Crippen molar-refractivity contribution in [1.29, 1.82) is 0 Å². The molecule has 0 saturated heterocycles. The fraction of sp³-hybridized carbons (Fsp3) is 0.280. The van der Waals surface area contributed by atoms with E-state index in [1.54, 1.807) is 25.3 Å². The molecule has 3 rings (SSSR count). The molecule has 3 aromatic rings. The number of ether oxygens (including phenoxy) is 3. The Bertz CT molecular complexity index is 1010. The van der Waals surface area contributed by atoms with Gasteiger partial charge in [-0.1, -0.05) is 41.4 Å². The Balaban J connectivity index is 1.62. The van der Waals surface area contributed by atoms with E-state index >= 15 is 0 Å². The SMILES string of the molecule is CCOc1cc(CNCCc2ccc(OC)cc2)c(Cl)cc1OCc1c(F)cccc1Cl. The van der Waals surface area contributed by atoms with Gasteiger partial charge in [0.05, 0.1) is 18.7 Å². The topological polar surface area (TPSA) is 39.7 Å². The molecule has 0 bridgehead atoms. The second kappa shape index (κ2) is 12.0. The van der Waals surface area contributed by atoms with Gasteiger partial charge in [0.2, 0.25) is 0 Å². The second-order valence-electron chi connectivity index (χ2n) is 7.09. The average molecular weight is 478 g/mol. The van der Waals surface area contributed by atoms with E-state index in [2.05, 4.69) is 17.4 Å². The number of hydrogen-bond donors (Lipinski definition) is 1. The first-order valence-electron chi connectivity index (χ1n) is 10.4. The monoisotopic (exact) mass is 477 g/mol. The first kappa shape index (κ1) is 24.2. The smallest absolute Gasteiger partial charge is 0.163 e. The number of benzene rings is 3. The quantitative estimate of drug-likeness (QED) is 0.322. The van der Waals surface area contributed by atoms with Crippen LogP contribution in [0.25, 0.3) is 0 Å². The van der Waals surface area contributed by atoms with Crippen LogP contribution in [0.2, 0.25) is 10.0 Å². The summed E-state index contributed by atoms with van der Waals surface area (Å²) in [5, 5.41) is 4.26. The standard InChI is InChI=1S/C25H26Cl2FNO3/c1-3-31-24-13-18(15-29-12-11-17-7-9-19(30-2)10-8-17)22(27)14-25(24)32-16-20-21(26)5-4-6-23(20)28/h4-10,13-14,29H,3,11-12,15-16H2,1-2H3. The van der Waals surface area contributed by atoms with E-state index in [4.69, 9.17) is 37.4 Å². The van der Waals surface area contributed by atoms with Crippen LogP contribution in [0.15, 0.2) is 54.6 Å². The number of methoxy groups -OCH3 is 1. The fourth-order valence-corrected chi connectivity index (χ4v) is 3.60. The Kier molecular flexibility index (Phi) is 9.03. The number of hydrogen-bond acceptors (Lipinski definition) is 4. The molecule has 0 aliphatic heterocycles. The predicted octanol–water partition coefficient (Wildman–Crippen LogP) is 6.45. The molecular formula is C25H26Cl2FNO3. The molecule has 0 aliphatic carbocycles. The van der Waals surface area contributed by atoms with Crippen LogP contribution < -0.4 is 19.5 Å². The molecule has 3 aromatic carbocycles. The molecule has 0 aromatic heterocycles. The summed E-state index contributed by atoms with van der Waals surface area (Å²) in [6, 6.07) is 16.1. The summed E-state index contributed by atoms with van der Waals surface area (Å²) in [6.45, 7) is 3.69. The zero-order valence-electron chi connectivity index (χ0n) is 18.1. The fourth-order valence-electron chi connectivity index (χ4n) is 3.16. The van der Waals surface area contributed by atoms with E-state index in [0.717, 1.165) is 24.3 Å². The molecule has 0 atom stereocenters. The average Bonchev–Trinajstić information content (AvgIpc) is 2.79. The first-order chi connectivity index (χ1) is 15.5. The highest BCUT2D eigenvalue weighted by molar-refractivity contribution is 6.31. The van der Waals surface area contributed by atoms with Crippen molar-refractivity contribution in [2.75, 3.05) is 20.3 Å². The van der Waals surface area contributed by atoms with Gasteiger partial charge in [-0.05, 0) is 61.3 Å². The summed E-state index contributed by atoms with van der Waals surface area (Å²) < 4.78 is 30.8. The number of halogens is 3. The van der Waals surface area contributed by atoms with Crippen LogP contribution in [0.3, 0.4) is 0 Å². The number of nitrogens with one attached hydrogen (secondary N) is 1. The molecule has 170 valence electrons. The predicted molar refractivity (Wildman–Crippen MR) is 127 cm³/mol. The Morgan fingerprint density at radius 1 is 0.938 bits per heavy atom. The van der Waals surface area contributed by atoms with Gasteiger partial charge < -0.3 is 19.5 Å². The maximum Gasteiger partial charge on any atom is 0.163 e. The van der Waals surface area contributed by atoms with Crippen LogP contribution in [-0.4, -0.2) is 20.3 Å². The molecule has 0 saturated carbocycles. The normalized spacial score (nSPS) is 10.8. The molecular weight excluding hydrogens is 452 g/mol. The lowest BCUT2D eigenvalue weighted by atomic mass is 10.1. The van der Waals surface area contributed by atoms with Gasteiger partial charge in [0.1, 0.15) is 18.2 Å². The van der Waals surface area contributed by atoms with Gasteiger partial charge in [-0.25, -0.2) is 4.39 Å². The van der Waals surface area contributed by atoms with Crippen molar-refractivity contribution < 1.29 is 18.6 Å². The molecule has 0 unspecified atom stereocenters. The largest absolute Gasteiger partial charge is 0.497 e. The third-order valence-electron chi connectivity index (χ3n) is 4.91. The Labute approximate surface area is 198 Å². The molecule has 32 heavy (non-hydrogen) atoms. The maximum atomic E-state index is 14.0. The zero-order chi connectivity index (χ0) is 22.9. The Morgan fingerprint density at radius 2 is 1.69 bits per heavy atom. The summed E-state index contributed by atoms with van der Waals surface area (Å²) in [6.07, 6.45) is 0.879. The summed E-state index contributed by atoms with van der Waals surface area (Å²) in [5.74, 6) is 1.42. The highest BCUT2D eigenvalue weighted by Gasteiger charge is 2.14.